The molecule has 0 bridgehead atoms. The highest BCUT2D eigenvalue weighted by atomic mass is 19.1. The zero-order valence-electron chi connectivity index (χ0n) is 9.66. The monoisotopic (exact) mass is 227 g/mol. The average Bonchev–Trinajstić information content (AvgIpc) is 2.27. The van der Waals surface area contributed by atoms with Crippen LogP contribution < -0.4 is 10.1 Å². The predicted molar refractivity (Wildman–Crippen MR) is 61.1 cm³/mol. The second-order valence-electron chi connectivity index (χ2n) is 3.54. The molecular formula is C12H18FNO2. The number of aliphatic hydroxyl groups excluding tert-OH is 1. The van der Waals surface area contributed by atoms with Crippen LogP contribution in [0.2, 0.25) is 0 Å². The number of nitrogens with one attached hydrogen (secondary N) is 1. The third kappa shape index (κ3) is 3.47. The summed E-state index contributed by atoms with van der Waals surface area (Å²) in [4.78, 5) is 0. The van der Waals surface area contributed by atoms with Crippen LogP contribution in [-0.2, 0) is 0 Å². The first-order valence-electron chi connectivity index (χ1n) is 5.45. The molecule has 0 aliphatic heterocycles. The summed E-state index contributed by atoms with van der Waals surface area (Å²) < 4.78 is 18.6. The van der Waals surface area contributed by atoms with Crippen molar-refractivity contribution in [2.45, 2.75) is 19.9 Å². The smallest absolute Gasteiger partial charge is 0.165 e. The molecule has 1 aromatic rings. The number of aliphatic hydroxyl groups is 1. The molecule has 0 aliphatic carbocycles. The third-order valence-corrected chi connectivity index (χ3v) is 2.32. The van der Waals surface area contributed by atoms with Gasteiger partial charge in [-0.2, -0.15) is 0 Å². The van der Waals surface area contributed by atoms with Gasteiger partial charge in [-0.1, -0.05) is 13.0 Å². The molecule has 2 N–H and O–H groups in total. The molecule has 0 saturated heterocycles. The summed E-state index contributed by atoms with van der Waals surface area (Å²) in [5, 5.41) is 11.8. The van der Waals surface area contributed by atoms with Gasteiger partial charge in [0.05, 0.1) is 6.61 Å². The third-order valence-electron chi connectivity index (χ3n) is 2.32. The number of hydrogen-bond acceptors (Lipinski definition) is 3. The maximum Gasteiger partial charge on any atom is 0.165 e. The van der Waals surface area contributed by atoms with Gasteiger partial charge in [0.15, 0.2) is 11.6 Å². The Morgan fingerprint density at radius 3 is 2.81 bits per heavy atom. The van der Waals surface area contributed by atoms with E-state index >= 15 is 0 Å². The molecule has 1 atom stereocenters. The highest BCUT2D eigenvalue weighted by molar-refractivity contribution is 5.30. The maximum atomic E-state index is 13.5. The summed E-state index contributed by atoms with van der Waals surface area (Å²) >= 11 is 0. The van der Waals surface area contributed by atoms with Gasteiger partial charge < -0.3 is 15.2 Å². The Morgan fingerprint density at radius 2 is 2.25 bits per heavy atom. The summed E-state index contributed by atoms with van der Waals surface area (Å²) in [6.07, 6.45) is 0. The van der Waals surface area contributed by atoms with Gasteiger partial charge in [0.2, 0.25) is 0 Å². The van der Waals surface area contributed by atoms with Crippen molar-refractivity contribution in [3.05, 3.63) is 29.6 Å². The summed E-state index contributed by atoms with van der Waals surface area (Å²) in [5.74, 6) is -0.211. The number of hydrogen-bond donors (Lipinski definition) is 2. The summed E-state index contributed by atoms with van der Waals surface area (Å²) in [6, 6.07) is 4.99. The normalized spacial score (nSPS) is 12.5. The Hall–Kier alpha value is -1.13. The molecule has 4 heteroatoms. The van der Waals surface area contributed by atoms with Crippen LogP contribution in [0.1, 0.15) is 25.5 Å². The van der Waals surface area contributed by atoms with Crippen LogP contribution in [0, 0.1) is 5.82 Å². The van der Waals surface area contributed by atoms with Crippen LogP contribution >= 0.6 is 0 Å². The van der Waals surface area contributed by atoms with Crippen molar-refractivity contribution in [1.29, 1.82) is 0 Å². The molecule has 90 valence electrons. The van der Waals surface area contributed by atoms with E-state index in [1.54, 1.807) is 6.07 Å². The Labute approximate surface area is 95.2 Å². The molecule has 0 fully saturated rings. The van der Waals surface area contributed by atoms with Gasteiger partial charge in [-0.3, -0.25) is 0 Å². The van der Waals surface area contributed by atoms with Crippen LogP contribution in [0.4, 0.5) is 4.39 Å². The quantitative estimate of drug-likeness (QED) is 0.779. The maximum absolute atomic E-state index is 13.5. The Balaban J connectivity index is 2.73. The minimum absolute atomic E-state index is 0.110. The van der Waals surface area contributed by atoms with Gasteiger partial charge in [-0.05, 0) is 31.2 Å². The first-order chi connectivity index (χ1) is 7.69. The van der Waals surface area contributed by atoms with Crippen molar-refractivity contribution in [2.24, 2.45) is 0 Å². The molecule has 1 aromatic carbocycles. The SMILES string of the molecule is CCNC(C)c1ccc(OCCO)c(F)c1. The van der Waals surface area contributed by atoms with Gasteiger partial charge in [0.25, 0.3) is 0 Å². The summed E-state index contributed by atoms with van der Waals surface area (Å²) in [5.41, 5.74) is 0.885. The fraction of sp³-hybridized carbons (Fsp3) is 0.500. The average molecular weight is 227 g/mol. The van der Waals surface area contributed by atoms with Crippen molar-refractivity contribution >= 4 is 0 Å². The molecular weight excluding hydrogens is 209 g/mol. The van der Waals surface area contributed by atoms with E-state index in [2.05, 4.69) is 5.32 Å². The second kappa shape index (κ2) is 6.45. The zero-order valence-corrected chi connectivity index (χ0v) is 9.66. The molecule has 0 spiro atoms. The van der Waals surface area contributed by atoms with Crippen LogP contribution in [-0.4, -0.2) is 24.9 Å². The van der Waals surface area contributed by atoms with E-state index < -0.39 is 5.82 Å². The fourth-order valence-electron chi connectivity index (χ4n) is 1.48. The van der Waals surface area contributed by atoms with Gasteiger partial charge in [0, 0.05) is 6.04 Å². The molecule has 0 amide bonds. The first kappa shape index (κ1) is 12.9. The standard InChI is InChI=1S/C12H18FNO2/c1-3-14-9(2)10-4-5-12(11(13)8-10)16-7-6-15/h4-5,8-9,14-15H,3,6-7H2,1-2H3. The molecule has 0 heterocycles. The molecule has 0 saturated carbocycles. The fourth-order valence-corrected chi connectivity index (χ4v) is 1.48. The van der Waals surface area contributed by atoms with Crippen LogP contribution in [0.3, 0.4) is 0 Å². The molecule has 1 unspecified atom stereocenters. The predicted octanol–water partition coefficient (Wildman–Crippen LogP) is 1.87. The van der Waals surface area contributed by atoms with Crippen molar-refractivity contribution in [3.8, 4) is 5.75 Å². The lowest BCUT2D eigenvalue weighted by Crippen LogP contribution is -2.17. The highest BCUT2D eigenvalue weighted by Gasteiger charge is 2.08. The number of halogens is 1. The molecule has 0 aliphatic rings. The molecule has 0 radical (unpaired) electrons. The minimum atomic E-state index is -0.393. The van der Waals surface area contributed by atoms with E-state index in [1.807, 2.05) is 19.9 Å². The van der Waals surface area contributed by atoms with Crippen molar-refractivity contribution < 1.29 is 14.2 Å². The van der Waals surface area contributed by atoms with E-state index in [1.165, 1.54) is 6.07 Å². The summed E-state index contributed by atoms with van der Waals surface area (Å²) in [6.45, 7) is 4.82. The Morgan fingerprint density at radius 1 is 1.50 bits per heavy atom. The molecule has 16 heavy (non-hydrogen) atoms. The first-order valence-corrected chi connectivity index (χ1v) is 5.45. The number of benzene rings is 1. The summed E-state index contributed by atoms with van der Waals surface area (Å²) in [7, 11) is 0. The zero-order chi connectivity index (χ0) is 12.0. The molecule has 1 rings (SSSR count). The number of ether oxygens (including phenoxy) is 1. The minimum Gasteiger partial charge on any atom is -0.488 e. The van der Waals surface area contributed by atoms with Crippen LogP contribution in [0.15, 0.2) is 18.2 Å². The van der Waals surface area contributed by atoms with Gasteiger partial charge >= 0.3 is 0 Å². The lowest BCUT2D eigenvalue weighted by Gasteiger charge is -2.14. The van der Waals surface area contributed by atoms with Gasteiger partial charge in [-0.25, -0.2) is 4.39 Å². The highest BCUT2D eigenvalue weighted by Crippen LogP contribution is 2.21. The largest absolute Gasteiger partial charge is 0.488 e. The Bertz CT molecular complexity index is 331. The van der Waals surface area contributed by atoms with Crippen molar-refractivity contribution in [3.63, 3.8) is 0 Å². The molecule has 3 nitrogen and oxygen atoms in total. The second-order valence-corrected chi connectivity index (χ2v) is 3.54. The van der Waals surface area contributed by atoms with E-state index in [0.29, 0.717) is 0 Å². The van der Waals surface area contributed by atoms with E-state index in [0.717, 1.165) is 12.1 Å². The van der Waals surface area contributed by atoms with Gasteiger partial charge in [-0.15, -0.1) is 0 Å². The van der Waals surface area contributed by atoms with Crippen molar-refractivity contribution in [1.82, 2.24) is 5.32 Å². The van der Waals surface area contributed by atoms with Crippen LogP contribution in [0.5, 0.6) is 5.75 Å². The lowest BCUT2D eigenvalue weighted by molar-refractivity contribution is 0.196. The van der Waals surface area contributed by atoms with Gasteiger partial charge in [0.1, 0.15) is 6.61 Å². The number of rotatable bonds is 6. The molecule has 0 aromatic heterocycles. The van der Waals surface area contributed by atoms with E-state index in [4.69, 9.17) is 9.84 Å². The van der Waals surface area contributed by atoms with Crippen molar-refractivity contribution in [2.75, 3.05) is 19.8 Å². The Kier molecular flexibility index (Phi) is 5.22. The van der Waals surface area contributed by atoms with E-state index in [-0.39, 0.29) is 25.0 Å². The topological polar surface area (TPSA) is 41.5 Å². The lowest BCUT2D eigenvalue weighted by atomic mass is 10.1. The van der Waals surface area contributed by atoms with Crippen LogP contribution in [0.25, 0.3) is 0 Å². The van der Waals surface area contributed by atoms with E-state index in [9.17, 15) is 4.39 Å².